The van der Waals surface area contributed by atoms with Gasteiger partial charge in [0.15, 0.2) is 0 Å². The van der Waals surface area contributed by atoms with Gasteiger partial charge in [0.2, 0.25) is 0 Å². The Labute approximate surface area is 184 Å². The van der Waals surface area contributed by atoms with Crippen LogP contribution in [0.4, 0.5) is 0 Å². The minimum absolute atomic E-state index is 0.219. The van der Waals surface area contributed by atoms with Gasteiger partial charge in [-0.3, -0.25) is 0 Å². The summed E-state index contributed by atoms with van der Waals surface area (Å²) >= 11 is 8.54. The number of hydrogen-bond acceptors (Lipinski definition) is 2. The summed E-state index contributed by atoms with van der Waals surface area (Å²) in [6.07, 6.45) is 4.83. The van der Waals surface area contributed by atoms with Crippen LogP contribution >= 0.6 is 34.2 Å². The molecule has 2 heterocycles. The molecule has 0 bridgehead atoms. The summed E-state index contributed by atoms with van der Waals surface area (Å²) in [4.78, 5) is 8.34. The van der Waals surface area contributed by atoms with Gasteiger partial charge >= 0.3 is 0 Å². The number of nitrogens with zero attached hydrogens (tertiary/aromatic N) is 1. The Hall–Kier alpha value is -1.27. The minimum atomic E-state index is 0.219. The Balaban J connectivity index is 1.33. The second-order valence-corrected chi connectivity index (χ2v) is 9.64. The molecule has 1 aliphatic carbocycles. The van der Waals surface area contributed by atoms with E-state index in [9.17, 15) is 0 Å². The number of imidazole rings is 1. The standard InChI is InChI=1S/C23H24ClIN2O/c1-14(22-26-19-5-3-17(24)11-20(19)27-22)16-6-8-23(9-7-16)13-28-21-10-15(12-25)2-4-18(21)23/h2-5,10-11,14,16H,6-9,12-13H2,1H3,(H,26,27)/t14-,16?,23?/m1/s1. The average Bonchev–Trinajstić information content (AvgIpc) is 3.29. The van der Waals surface area contributed by atoms with Crippen LogP contribution in [0.25, 0.3) is 11.0 Å². The number of rotatable bonds is 3. The third-order valence-electron chi connectivity index (χ3n) is 6.86. The van der Waals surface area contributed by atoms with Crippen LogP contribution in [0.15, 0.2) is 36.4 Å². The second-order valence-electron chi connectivity index (χ2n) is 8.44. The van der Waals surface area contributed by atoms with Gasteiger partial charge in [-0.25, -0.2) is 4.98 Å². The molecule has 2 aromatic carbocycles. The van der Waals surface area contributed by atoms with Crippen molar-refractivity contribution in [1.82, 2.24) is 9.97 Å². The van der Waals surface area contributed by atoms with Crippen molar-refractivity contribution in [2.75, 3.05) is 6.61 Å². The molecular formula is C23H24ClIN2O. The van der Waals surface area contributed by atoms with E-state index in [1.807, 2.05) is 18.2 Å². The summed E-state index contributed by atoms with van der Waals surface area (Å²) in [6, 6.07) is 12.7. The Bertz CT molecular complexity index is 1020. The molecule has 0 unspecified atom stereocenters. The molecule has 1 aliphatic heterocycles. The lowest BCUT2D eigenvalue weighted by atomic mass is 9.65. The van der Waals surface area contributed by atoms with Crippen LogP contribution in [0.3, 0.4) is 0 Å². The van der Waals surface area contributed by atoms with Crippen LogP contribution in [0, 0.1) is 5.92 Å². The lowest BCUT2D eigenvalue weighted by Crippen LogP contribution is -2.34. The number of benzene rings is 2. The third-order valence-corrected chi connectivity index (χ3v) is 7.98. The highest BCUT2D eigenvalue weighted by Gasteiger charge is 2.44. The number of H-pyrrole nitrogens is 1. The molecular weight excluding hydrogens is 483 g/mol. The zero-order valence-electron chi connectivity index (χ0n) is 16.0. The Kier molecular flexibility index (Phi) is 4.82. The monoisotopic (exact) mass is 506 g/mol. The SMILES string of the molecule is C[C@@H](c1nc2ccc(Cl)cc2[nH]1)C1CCC2(CC1)COc1cc(CI)ccc12. The molecule has 0 amide bonds. The normalized spacial score (nSPS) is 25.0. The molecule has 1 aromatic heterocycles. The summed E-state index contributed by atoms with van der Waals surface area (Å²) in [5.74, 6) is 3.29. The molecule has 3 aromatic rings. The molecule has 1 spiro atoms. The van der Waals surface area contributed by atoms with E-state index in [4.69, 9.17) is 21.3 Å². The first-order valence-electron chi connectivity index (χ1n) is 10.1. The average molecular weight is 507 g/mol. The molecule has 1 N–H and O–H groups in total. The van der Waals surface area contributed by atoms with Crippen LogP contribution in [0.5, 0.6) is 5.75 Å². The van der Waals surface area contributed by atoms with E-state index >= 15 is 0 Å². The van der Waals surface area contributed by atoms with Crippen molar-refractivity contribution in [3.05, 3.63) is 58.4 Å². The maximum Gasteiger partial charge on any atom is 0.123 e. The van der Waals surface area contributed by atoms with Gasteiger partial charge in [0, 0.05) is 26.3 Å². The molecule has 1 saturated carbocycles. The predicted octanol–water partition coefficient (Wildman–Crippen LogP) is 6.78. The van der Waals surface area contributed by atoms with Gasteiger partial charge in [0.1, 0.15) is 11.6 Å². The van der Waals surface area contributed by atoms with E-state index in [-0.39, 0.29) is 5.41 Å². The fourth-order valence-corrected chi connectivity index (χ4v) is 5.69. The summed E-state index contributed by atoms with van der Waals surface area (Å²) in [7, 11) is 0. The molecule has 1 atom stereocenters. The number of halogens is 2. The summed E-state index contributed by atoms with van der Waals surface area (Å²) in [5.41, 5.74) is 5.04. The molecule has 1 fully saturated rings. The van der Waals surface area contributed by atoms with Gasteiger partial charge in [-0.15, -0.1) is 0 Å². The number of nitrogens with one attached hydrogen (secondary N) is 1. The fourth-order valence-electron chi connectivity index (χ4n) is 5.05. The summed E-state index contributed by atoms with van der Waals surface area (Å²) < 4.78 is 7.16. The van der Waals surface area contributed by atoms with Crippen molar-refractivity contribution in [2.45, 2.75) is 48.4 Å². The molecule has 0 saturated heterocycles. The summed E-state index contributed by atoms with van der Waals surface area (Å²) in [6.45, 7) is 3.16. The van der Waals surface area contributed by atoms with Crippen LogP contribution in [-0.2, 0) is 9.84 Å². The van der Waals surface area contributed by atoms with Crippen molar-refractivity contribution in [3.63, 3.8) is 0 Å². The lowest BCUT2D eigenvalue weighted by Gasteiger charge is -2.38. The maximum atomic E-state index is 6.13. The van der Waals surface area contributed by atoms with Crippen LogP contribution in [-0.4, -0.2) is 16.6 Å². The first kappa shape index (κ1) is 18.7. The minimum Gasteiger partial charge on any atom is -0.492 e. The van der Waals surface area contributed by atoms with E-state index in [2.05, 4.69) is 52.7 Å². The molecule has 28 heavy (non-hydrogen) atoms. The van der Waals surface area contributed by atoms with Crippen LogP contribution in [0.1, 0.15) is 55.5 Å². The molecule has 5 heteroatoms. The van der Waals surface area contributed by atoms with Gasteiger partial charge in [0.05, 0.1) is 17.6 Å². The van der Waals surface area contributed by atoms with E-state index in [1.54, 1.807) is 0 Å². The molecule has 5 rings (SSSR count). The maximum absolute atomic E-state index is 6.13. The second kappa shape index (κ2) is 7.21. The topological polar surface area (TPSA) is 37.9 Å². The quantitative estimate of drug-likeness (QED) is 0.314. The van der Waals surface area contributed by atoms with Crippen molar-refractivity contribution in [2.24, 2.45) is 5.92 Å². The Morgan fingerprint density at radius 3 is 2.86 bits per heavy atom. The van der Waals surface area contributed by atoms with Gasteiger partial charge < -0.3 is 9.72 Å². The van der Waals surface area contributed by atoms with Crippen LogP contribution in [0.2, 0.25) is 5.02 Å². The molecule has 0 radical (unpaired) electrons. The zero-order chi connectivity index (χ0) is 19.3. The largest absolute Gasteiger partial charge is 0.492 e. The predicted molar refractivity (Wildman–Crippen MR) is 123 cm³/mol. The van der Waals surface area contributed by atoms with Gasteiger partial charge in [-0.05, 0) is 61.4 Å². The number of hydrogen-bond donors (Lipinski definition) is 1. The van der Waals surface area contributed by atoms with Gasteiger partial charge in [-0.2, -0.15) is 0 Å². The highest BCUT2D eigenvalue weighted by Crippen LogP contribution is 2.51. The lowest BCUT2D eigenvalue weighted by molar-refractivity contribution is 0.169. The number of alkyl halides is 1. The number of aromatic amines is 1. The van der Waals surface area contributed by atoms with E-state index < -0.39 is 0 Å². The summed E-state index contributed by atoms with van der Waals surface area (Å²) in [5, 5.41) is 0.751. The number of aromatic nitrogens is 2. The van der Waals surface area contributed by atoms with E-state index in [1.165, 1.54) is 36.8 Å². The Morgan fingerprint density at radius 2 is 2.07 bits per heavy atom. The van der Waals surface area contributed by atoms with Crippen molar-refractivity contribution in [1.29, 1.82) is 0 Å². The number of ether oxygens (including phenoxy) is 1. The highest BCUT2D eigenvalue weighted by atomic mass is 127. The van der Waals surface area contributed by atoms with E-state index in [0.717, 1.165) is 38.7 Å². The number of fused-ring (bicyclic) bond motifs is 3. The smallest absolute Gasteiger partial charge is 0.123 e. The van der Waals surface area contributed by atoms with Crippen molar-refractivity contribution < 1.29 is 4.74 Å². The fraction of sp³-hybridized carbons (Fsp3) is 0.435. The highest BCUT2D eigenvalue weighted by molar-refractivity contribution is 14.1. The first-order valence-corrected chi connectivity index (χ1v) is 12.0. The Morgan fingerprint density at radius 1 is 1.25 bits per heavy atom. The first-order chi connectivity index (χ1) is 13.6. The van der Waals surface area contributed by atoms with Crippen molar-refractivity contribution in [3.8, 4) is 5.75 Å². The molecule has 2 aliphatic rings. The molecule has 146 valence electrons. The van der Waals surface area contributed by atoms with E-state index in [0.29, 0.717) is 11.8 Å². The van der Waals surface area contributed by atoms with Crippen molar-refractivity contribution >= 4 is 45.2 Å². The van der Waals surface area contributed by atoms with Gasteiger partial charge in [-0.1, -0.05) is 53.2 Å². The third kappa shape index (κ3) is 3.13. The molecule has 3 nitrogen and oxygen atoms in total. The zero-order valence-corrected chi connectivity index (χ0v) is 18.9. The van der Waals surface area contributed by atoms with Crippen LogP contribution < -0.4 is 4.74 Å². The van der Waals surface area contributed by atoms with Gasteiger partial charge in [0.25, 0.3) is 0 Å².